The number of benzene rings is 2. The molecule has 0 aliphatic carbocycles. The number of halogens is 1. The van der Waals surface area contributed by atoms with E-state index < -0.39 is 5.60 Å². The molecule has 2 aromatic carbocycles. The topological polar surface area (TPSA) is 94.0 Å². The zero-order chi connectivity index (χ0) is 23.4. The van der Waals surface area contributed by atoms with Gasteiger partial charge in [-0.25, -0.2) is 15.0 Å². The van der Waals surface area contributed by atoms with Crippen molar-refractivity contribution < 1.29 is 9.53 Å². The van der Waals surface area contributed by atoms with Gasteiger partial charge in [-0.3, -0.25) is 9.36 Å². The molecule has 168 valence electrons. The summed E-state index contributed by atoms with van der Waals surface area (Å²) in [6.45, 7) is 5.33. The quantitative estimate of drug-likeness (QED) is 0.394. The third-order valence-electron chi connectivity index (χ3n) is 4.87. The first kappa shape index (κ1) is 22.3. The smallest absolute Gasteiger partial charge is 0.267 e. The number of aryl methyl sites for hydroxylation is 1. The number of rotatable bonds is 7. The van der Waals surface area contributed by atoms with E-state index in [2.05, 4.69) is 25.6 Å². The van der Waals surface area contributed by atoms with Gasteiger partial charge in [-0.1, -0.05) is 11.6 Å². The van der Waals surface area contributed by atoms with Crippen molar-refractivity contribution in [1.82, 2.24) is 19.5 Å². The van der Waals surface area contributed by atoms with Gasteiger partial charge in [0.15, 0.2) is 5.60 Å². The molecular formula is C24H23ClN6O2. The van der Waals surface area contributed by atoms with Crippen LogP contribution in [0.15, 0.2) is 73.3 Å². The normalized spacial score (nSPS) is 11.2. The van der Waals surface area contributed by atoms with E-state index in [0.717, 1.165) is 11.5 Å². The van der Waals surface area contributed by atoms with Crippen molar-refractivity contribution in [2.24, 2.45) is 0 Å². The van der Waals surface area contributed by atoms with Crippen LogP contribution in [-0.4, -0.2) is 31.0 Å². The van der Waals surface area contributed by atoms with Crippen molar-refractivity contribution in [3.05, 3.63) is 84.2 Å². The summed E-state index contributed by atoms with van der Waals surface area (Å²) in [5, 5.41) is 6.73. The van der Waals surface area contributed by atoms with Crippen LogP contribution in [0, 0.1) is 6.92 Å². The highest BCUT2D eigenvalue weighted by Crippen LogP contribution is 2.23. The molecule has 0 spiro atoms. The van der Waals surface area contributed by atoms with Crippen molar-refractivity contribution in [3.63, 3.8) is 0 Å². The number of imidazole rings is 1. The number of aromatic nitrogens is 4. The molecule has 0 unspecified atom stereocenters. The Balaban J connectivity index is 1.39. The van der Waals surface area contributed by atoms with Gasteiger partial charge in [-0.05, 0) is 69.3 Å². The first-order valence-corrected chi connectivity index (χ1v) is 10.6. The molecule has 1 amide bonds. The highest BCUT2D eigenvalue weighted by molar-refractivity contribution is 6.30. The molecule has 2 N–H and O–H groups in total. The summed E-state index contributed by atoms with van der Waals surface area (Å²) in [6.07, 6.45) is 5.06. The van der Waals surface area contributed by atoms with Crippen LogP contribution in [0.5, 0.6) is 5.75 Å². The Morgan fingerprint density at radius 3 is 2.36 bits per heavy atom. The number of nitrogens with one attached hydrogen (secondary N) is 2. The molecule has 0 radical (unpaired) electrons. The van der Waals surface area contributed by atoms with Crippen molar-refractivity contribution >= 4 is 34.7 Å². The van der Waals surface area contributed by atoms with Gasteiger partial charge >= 0.3 is 0 Å². The Bertz CT molecular complexity index is 1250. The van der Waals surface area contributed by atoms with Gasteiger partial charge in [-0.2, -0.15) is 0 Å². The lowest BCUT2D eigenvalue weighted by Crippen LogP contribution is -2.42. The fourth-order valence-corrected chi connectivity index (χ4v) is 3.20. The number of carbonyl (C=O) groups excluding carboxylic acids is 1. The summed E-state index contributed by atoms with van der Waals surface area (Å²) in [5.74, 6) is 2.49. The van der Waals surface area contributed by atoms with E-state index in [4.69, 9.17) is 16.3 Å². The summed E-state index contributed by atoms with van der Waals surface area (Å²) in [6, 6.07) is 16.0. The molecule has 0 bridgehead atoms. The Kier molecular flexibility index (Phi) is 6.28. The predicted octanol–water partition coefficient (Wildman–Crippen LogP) is 5.16. The minimum atomic E-state index is -1.08. The van der Waals surface area contributed by atoms with Crippen LogP contribution in [0.4, 0.5) is 17.2 Å². The average molecular weight is 463 g/mol. The lowest BCUT2D eigenvalue weighted by atomic mass is 10.1. The van der Waals surface area contributed by atoms with Crippen LogP contribution >= 0.6 is 11.6 Å². The first-order chi connectivity index (χ1) is 15.8. The van der Waals surface area contributed by atoms with Crippen LogP contribution in [0.25, 0.3) is 5.82 Å². The molecule has 0 atom stereocenters. The molecule has 2 aromatic heterocycles. The van der Waals surface area contributed by atoms with Crippen LogP contribution in [0.1, 0.15) is 19.7 Å². The monoisotopic (exact) mass is 462 g/mol. The Morgan fingerprint density at radius 2 is 1.70 bits per heavy atom. The zero-order valence-corrected chi connectivity index (χ0v) is 19.2. The molecular weight excluding hydrogens is 440 g/mol. The van der Waals surface area contributed by atoms with E-state index in [-0.39, 0.29) is 5.91 Å². The van der Waals surface area contributed by atoms with Crippen molar-refractivity contribution in [3.8, 4) is 11.6 Å². The van der Waals surface area contributed by atoms with E-state index in [1.807, 2.05) is 35.9 Å². The molecule has 8 nitrogen and oxygen atoms in total. The summed E-state index contributed by atoms with van der Waals surface area (Å²) >= 11 is 5.90. The number of hydrogen-bond acceptors (Lipinski definition) is 6. The summed E-state index contributed by atoms with van der Waals surface area (Å²) in [5.41, 5.74) is 0.389. The minimum absolute atomic E-state index is 0.269. The molecule has 4 rings (SSSR count). The largest absolute Gasteiger partial charge is 0.478 e. The maximum Gasteiger partial charge on any atom is 0.267 e. The number of anilines is 3. The van der Waals surface area contributed by atoms with Gasteiger partial charge in [0.25, 0.3) is 5.91 Å². The van der Waals surface area contributed by atoms with Crippen molar-refractivity contribution in [2.45, 2.75) is 26.4 Å². The number of amides is 1. The molecule has 0 aliphatic heterocycles. The highest BCUT2D eigenvalue weighted by atomic mass is 35.5. The first-order valence-electron chi connectivity index (χ1n) is 10.3. The Hall–Kier alpha value is -3.91. The van der Waals surface area contributed by atoms with Gasteiger partial charge in [0.05, 0.1) is 0 Å². The molecule has 2 heterocycles. The number of ether oxygens (including phenoxy) is 1. The van der Waals surface area contributed by atoms with Crippen molar-refractivity contribution in [1.29, 1.82) is 0 Å². The van der Waals surface area contributed by atoms with E-state index in [9.17, 15) is 4.79 Å². The lowest BCUT2D eigenvalue weighted by Gasteiger charge is -2.25. The van der Waals surface area contributed by atoms with Crippen LogP contribution in [-0.2, 0) is 4.79 Å². The van der Waals surface area contributed by atoms with Gasteiger partial charge in [-0.15, -0.1) is 0 Å². The number of hydrogen-bond donors (Lipinski definition) is 2. The maximum atomic E-state index is 12.8. The van der Waals surface area contributed by atoms with E-state index in [1.54, 1.807) is 56.4 Å². The van der Waals surface area contributed by atoms with Crippen LogP contribution < -0.4 is 15.4 Å². The number of nitrogens with zero attached hydrogens (tertiary/aromatic N) is 4. The molecule has 0 fully saturated rings. The third kappa shape index (κ3) is 5.48. The second kappa shape index (κ2) is 9.30. The van der Waals surface area contributed by atoms with Crippen LogP contribution in [0.2, 0.25) is 5.02 Å². The third-order valence-corrected chi connectivity index (χ3v) is 5.13. The van der Waals surface area contributed by atoms with Gasteiger partial charge < -0.3 is 15.4 Å². The van der Waals surface area contributed by atoms with Crippen molar-refractivity contribution in [2.75, 3.05) is 10.6 Å². The number of carbonyl (C=O) groups is 1. The standard InChI is InChI=1S/C24H23ClN6O2/c1-16-26-12-13-31(16)22-14-21(27-15-28-22)29-18-6-8-19(9-7-18)30-23(32)24(2,3)33-20-10-4-17(25)5-11-20/h4-15H,1-3H3,(H,30,32)(H,27,28,29). The summed E-state index contributed by atoms with van der Waals surface area (Å²) in [4.78, 5) is 25.5. The molecule has 0 saturated carbocycles. The van der Waals surface area contributed by atoms with Crippen LogP contribution in [0.3, 0.4) is 0 Å². The second-order valence-corrected chi connectivity index (χ2v) is 8.27. The Morgan fingerprint density at radius 1 is 1.00 bits per heavy atom. The van der Waals surface area contributed by atoms with E-state index in [0.29, 0.717) is 28.1 Å². The SMILES string of the molecule is Cc1nccn1-c1cc(Nc2ccc(NC(=O)C(C)(C)Oc3ccc(Cl)cc3)cc2)ncn1. The minimum Gasteiger partial charge on any atom is -0.478 e. The summed E-state index contributed by atoms with van der Waals surface area (Å²) in [7, 11) is 0. The van der Waals surface area contributed by atoms with Gasteiger partial charge in [0.1, 0.15) is 29.5 Å². The lowest BCUT2D eigenvalue weighted by molar-refractivity contribution is -0.128. The molecule has 4 aromatic rings. The van der Waals surface area contributed by atoms with E-state index >= 15 is 0 Å². The maximum absolute atomic E-state index is 12.8. The average Bonchev–Trinajstić information content (AvgIpc) is 3.22. The second-order valence-electron chi connectivity index (χ2n) is 7.83. The summed E-state index contributed by atoms with van der Waals surface area (Å²) < 4.78 is 7.71. The fraction of sp³-hybridized carbons (Fsp3) is 0.167. The fourth-order valence-electron chi connectivity index (χ4n) is 3.08. The van der Waals surface area contributed by atoms with Gasteiger partial charge in [0.2, 0.25) is 0 Å². The Labute approximate surface area is 196 Å². The highest BCUT2D eigenvalue weighted by Gasteiger charge is 2.30. The zero-order valence-electron chi connectivity index (χ0n) is 18.4. The molecule has 0 aliphatic rings. The molecule has 33 heavy (non-hydrogen) atoms. The van der Waals surface area contributed by atoms with Gasteiger partial charge in [0, 0.05) is 34.9 Å². The predicted molar refractivity (Wildman–Crippen MR) is 128 cm³/mol. The molecule has 9 heteroatoms. The molecule has 0 saturated heterocycles. The van der Waals surface area contributed by atoms with E-state index in [1.165, 1.54) is 6.33 Å².